The zero-order valence-electron chi connectivity index (χ0n) is 16.3. The van der Waals surface area contributed by atoms with Crippen molar-refractivity contribution in [3.8, 4) is 22.7 Å². The number of nitrogens with zero attached hydrogens (tertiary/aromatic N) is 3. The van der Waals surface area contributed by atoms with E-state index < -0.39 is 0 Å². The predicted molar refractivity (Wildman–Crippen MR) is 111 cm³/mol. The second kappa shape index (κ2) is 7.89. The van der Waals surface area contributed by atoms with Gasteiger partial charge in [0.1, 0.15) is 5.75 Å². The van der Waals surface area contributed by atoms with Crippen molar-refractivity contribution in [3.05, 3.63) is 64.8 Å². The minimum absolute atomic E-state index is 0.264. The number of carbonyl (C=O) groups excluding carboxylic acids is 1. The molecule has 4 rings (SSSR count). The van der Waals surface area contributed by atoms with Crippen LogP contribution < -0.4 is 4.74 Å². The Morgan fingerprint density at radius 3 is 2.52 bits per heavy atom. The van der Waals surface area contributed by atoms with Gasteiger partial charge in [-0.1, -0.05) is 23.7 Å². The van der Waals surface area contributed by atoms with Crippen LogP contribution in [-0.4, -0.2) is 39.1 Å². The first kappa shape index (κ1) is 19.5. The van der Waals surface area contributed by atoms with Crippen molar-refractivity contribution in [3.63, 3.8) is 0 Å². The van der Waals surface area contributed by atoms with Crippen LogP contribution in [0.25, 0.3) is 16.9 Å². The second-order valence-electron chi connectivity index (χ2n) is 7.15. The minimum atomic E-state index is -0.353. The topological polar surface area (TPSA) is 67.6 Å². The Morgan fingerprint density at radius 1 is 1.21 bits per heavy atom. The Labute approximate surface area is 174 Å². The number of carbonyl (C=O) groups is 1. The minimum Gasteiger partial charge on any atom is -0.497 e. The van der Waals surface area contributed by atoms with Crippen LogP contribution >= 0.6 is 11.6 Å². The lowest BCUT2D eigenvalue weighted by molar-refractivity contribution is -0.174. The molecule has 1 aliphatic rings. The molecule has 0 aliphatic heterocycles. The molecule has 0 saturated heterocycles. The third kappa shape index (κ3) is 3.73. The summed E-state index contributed by atoms with van der Waals surface area (Å²) in [6.45, 7) is 1.37. The van der Waals surface area contributed by atoms with Crippen LogP contribution in [0.1, 0.15) is 24.6 Å². The standard InChI is InChI=1S/C22H22ClN3O3/c1-14(27)26(28)18-9-12-21-20(13-18)22(15-3-5-16(23)6-4-15)24-25(21)17-7-10-19(29-2)11-8-17/h3-8,10-11,18,28H,9,12-13H2,1-2H3/t18-/m1/s1. The summed E-state index contributed by atoms with van der Waals surface area (Å²) < 4.78 is 7.21. The van der Waals surface area contributed by atoms with Gasteiger partial charge in [0, 0.05) is 28.8 Å². The highest BCUT2D eigenvalue weighted by molar-refractivity contribution is 6.30. The average molecular weight is 412 g/mol. The van der Waals surface area contributed by atoms with E-state index in [9.17, 15) is 10.0 Å². The van der Waals surface area contributed by atoms with Crippen molar-refractivity contribution < 1.29 is 14.7 Å². The lowest BCUT2D eigenvalue weighted by Gasteiger charge is -2.29. The number of aromatic nitrogens is 2. The van der Waals surface area contributed by atoms with Crippen LogP contribution in [-0.2, 0) is 17.6 Å². The lowest BCUT2D eigenvalue weighted by Crippen LogP contribution is -2.40. The molecule has 29 heavy (non-hydrogen) atoms. The summed E-state index contributed by atoms with van der Waals surface area (Å²) in [7, 11) is 1.64. The molecule has 1 heterocycles. The van der Waals surface area contributed by atoms with Gasteiger partial charge in [0.25, 0.3) is 0 Å². The highest BCUT2D eigenvalue weighted by atomic mass is 35.5. The molecule has 0 spiro atoms. The zero-order valence-corrected chi connectivity index (χ0v) is 17.1. The molecule has 3 aromatic rings. The summed E-state index contributed by atoms with van der Waals surface area (Å²) in [5.41, 5.74) is 4.86. The number of halogens is 1. The number of fused-ring (bicyclic) bond motifs is 1. The van der Waals surface area contributed by atoms with E-state index in [1.54, 1.807) is 7.11 Å². The van der Waals surface area contributed by atoms with E-state index in [1.807, 2.05) is 53.2 Å². The third-order valence-corrected chi connectivity index (χ3v) is 5.60. The maximum absolute atomic E-state index is 11.7. The molecule has 6 nitrogen and oxygen atoms in total. The molecule has 0 unspecified atom stereocenters. The number of hydrogen-bond acceptors (Lipinski definition) is 4. The number of hydrogen-bond donors (Lipinski definition) is 1. The normalized spacial score (nSPS) is 15.7. The summed E-state index contributed by atoms with van der Waals surface area (Å²) in [5.74, 6) is 0.430. The van der Waals surface area contributed by atoms with E-state index in [4.69, 9.17) is 21.4 Å². The van der Waals surface area contributed by atoms with Gasteiger partial charge >= 0.3 is 0 Å². The van der Waals surface area contributed by atoms with Crippen LogP contribution in [0.5, 0.6) is 5.75 Å². The molecule has 0 saturated carbocycles. The van der Waals surface area contributed by atoms with Gasteiger partial charge in [-0.05, 0) is 55.7 Å². The Hall–Kier alpha value is -2.83. The van der Waals surface area contributed by atoms with E-state index in [0.29, 0.717) is 24.3 Å². The monoisotopic (exact) mass is 411 g/mol. The molecule has 1 N–H and O–H groups in total. The summed E-state index contributed by atoms with van der Waals surface area (Å²) >= 11 is 6.06. The highest BCUT2D eigenvalue weighted by Crippen LogP contribution is 2.34. The van der Waals surface area contributed by atoms with Crippen LogP contribution in [0, 0.1) is 0 Å². The van der Waals surface area contributed by atoms with Crippen molar-refractivity contribution in [2.45, 2.75) is 32.2 Å². The van der Waals surface area contributed by atoms with Crippen molar-refractivity contribution in [1.29, 1.82) is 0 Å². The first-order valence-electron chi connectivity index (χ1n) is 9.47. The molecule has 0 radical (unpaired) electrons. The molecule has 1 aromatic heterocycles. The molecule has 7 heteroatoms. The molecular weight excluding hydrogens is 390 g/mol. The molecular formula is C22H22ClN3O3. The number of benzene rings is 2. The van der Waals surface area contributed by atoms with E-state index in [1.165, 1.54) is 6.92 Å². The SMILES string of the molecule is COc1ccc(-n2nc(-c3ccc(Cl)cc3)c3c2CC[C@@H](N(O)C(C)=O)C3)cc1. The van der Waals surface area contributed by atoms with Gasteiger partial charge < -0.3 is 4.74 Å². The fourth-order valence-electron chi connectivity index (χ4n) is 3.84. The molecule has 1 atom stereocenters. The number of ether oxygens (including phenoxy) is 1. The summed E-state index contributed by atoms with van der Waals surface area (Å²) in [6.07, 6.45) is 1.92. The van der Waals surface area contributed by atoms with E-state index >= 15 is 0 Å². The van der Waals surface area contributed by atoms with Crippen molar-refractivity contribution in [2.75, 3.05) is 7.11 Å². The summed E-state index contributed by atoms with van der Waals surface area (Å²) in [4.78, 5) is 11.7. The molecule has 2 aromatic carbocycles. The number of methoxy groups -OCH3 is 1. The lowest BCUT2D eigenvalue weighted by atomic mass is 9.89. The Morgan fingerprint density at radius 2 is 1.90 bits per heavy atom. The van der Waals surface area contributed by atoms with E-state index in [-0.39, 0.29) is 11.9 Å². The van der Waals surface area contributed by atoms with Gasteiger partial charge in [-0.15, -0.1) is 0 Å². The number of hydroxylamine groups is 2. The van der Waals surface area contributed by atoms with Gasteiger partial charge in [0.05, 0.1) is 24.5 Å². The van der Waals surface area contributed by atoms with Gasteiger partial charge in [-0.3, -0.25) is 10.0 Å². The fourth-order valence-corrected chi connectivity index (χ4v) is 3.97. The second-order valence-corrected chi connectivity index (χ2v) is 7.59. The molecule has 1 amide bonds. The smallest absolute Gasteiger partial charge is 0.243 e. The average Bonchev–Trinajstić information content (AvgIpc) is 3.12. The highest BCUT2D eigenvalue weighted by Gasteiger charge is 2.31. The summed E-state index contributed by atoms with van der Waals surface area (Å²) in [5, 5.41) is 16.6. The Bertz CT molecular complexity index is 1030. The summed E-state index contributed by atoms with van der Waals surface area (Å²) in [6, 6.07) is 15.0. The third-order valence-electron chi connectivity index (χ3n) is 5.35. The largest absolute Gasteiger partial charge is 0.497 e. The van der Waals surface area contributed by atoms with Gasteiger partial charge in [-0.2, -0.15) is 5.10 Å². The first-order valence-corrected chi connectivity index (χ1v) is 9.85. The van der Waals surface area contributed by atoms with Gasteiger partial charge in [-0.25, -0.2) is 9.75 Å². The van der Waals surface area contributed by atoms with Crippen molar-refractivity contribution in [1.82, 2.24) is 14.8 Å². The van der Waals surface area contributed by atoms with Crippen LogP contribution in [0.15, 0.2) is 48.5 Å². The van der Waals surface area contributed by atoms with Gasteiger partial charge in [0.15, 0.2) is 0 Å². The maximum atomic E-state index is 11.7. The van der Waals surface area contributed by atoms with Crippen LogP contribution in [0.3, 0.4) is 0 Å². The van der Waals surface area contributed by atoms with E-state index in [2.05, 4.69) is 0 Å². The van der Waals surface area contributed by atoms with Gasteiger partial charge in [0.2, 0.25) is 5.91 Å². The van der Waals surface area contributed by atoms with Crippen molar-refractivity contribution >= 4 is 17.5 Å². The Kier molecular flexibility index (Phi) is 5.30. The van der Waals surface area contributed by atoms with Crippen molar-refractivity contribution in [2.24, 2.45) is 0 Å². The zero-order chi connectivity index (χ0) is 20.5. The number of amides is 1. The predicted octanol–water partition coefficient (Wildman–Crippen LogP) is 4.30. The maximum Gasteiger partial charge on any atom is 0.243 e. The first-order chi connectivity index (χ1) is 14.0. The van der Waals surface area contributed by atoms with E-state index in [0.717, 1.165) is 39.0 Å². The quantitative estimate of drug-likeness (QED) is 0.513. The molecule has 0 fully saturated rings. The number of rotatable bonds is 4. The Balaban J connectivity index is 1.81. The van der Waals surface area contributed by atoms with Crippen LogP contribution in [0.2, 0.25) is 5.02 Å². The molecule has 1 aliphatic carbocycles. The molecule has 0 bridgehead atoms. The van der Waals surface area contributed by atoms with Crippen LogP contribution in [0.4, 0.5) is 0 Å². The molecule has 150 valence electrons. The fraction of sp³-hybridized carbons (Fsp3) is 0.273.